The first-order chi connectivity index (χ1) is 7.69. The lowest BCUT2D eigenvalue weighted by atomic mass is 9.87. The summed E-state index contributed by atoms with van der Waals surface area (Å²) in [5.74, 6) is 0.910. The van der Waals surface area contributed by atoms with E-state index in [1.165, 1.54) is 0 Å². The van der Waals surface area contributed by atoms with E-state index in [2.05, 4.69) is 15.9 Å². The minimum atomic E-state index is -0.180. The van der Waals surface area contributed by atoms with E-state index in [1.807, 2.05) is 18.2 Å². The maximum atomic E-state index is 6.21. The molecule has 0 saturated carbocycles. The average Bonchev–Trinajstić information content (AvgIpc) is 2.68. The van der Waals surface area contributed by atoms with Gasteiger partial charge in [-0.25, -0.2) is 0 Å². The zero-order valence-corrected chi connectivity index (χ0v) is 10.5. The van der Waals surface area contributed by atoms with Crippen LogP contribution in [0.25, 0.3) is 0 Å². The molecule has 86 valence electrons. The van der Waals surface area contributed by atoms with Crippen LogP contribution >= 0.6 is 15.9 Å². The summed E-state index contributed by atoms with van der Waals surface area (Å²) < 4.78 is 12.6. The number of nitrogens with two attached hydrogens (primary N) is 1. The second-order valence-electron chi connectivity index (χ2n) is 4.58. The van der Waals surface area contributed by atoms with Gasteiger partial charge in [-0.15, -0.1) is 0 Å². The summed E-state index contributed by atoms with van der Waals surface area (Å²) in [6, 6.07) is 6.06. The molecule has 1 aromatic carbocycles. The van der Waals surface area contributed by atoms with E-state index >= 15 is 0 Å². The summed E-state index contributed by atoms with van der Waals surface area (Å²) in [5.41, 5.74) is 7.12. The van der Waals surface area contributed by atoms with Gasteiger partial charge in [0.1, 0.15) is 11.4 Å². The van der Waals surface area contributed by atoms with E-state index in [0.29, 0.717) is 6.61 Å². The highest BCUT2D eigenvalue weighted by atomic mass is 79.9. The Bertz CT molecular complexity index is 415. The summed E-state index contributed by atoms with van der Waals surface area (Å²) in [6.07, 6.45) is 1.78. The topological polar surface area (TPSA) is 44.5 Å². The minimum Gasteiger partial charge on any atom is -0.484 e. The van der Waals surface area contributed by atoms with Crippen molar-refractivity contribution < 1.29 is 9.47 Å². The third-order valence-electron chi connectivity index (χ3n) is 3.36. The molecule has 1 fully saturated rings. The zero-order valence-electron chi connectivity index (χ0n) is 8.91. The molecule has 3 nitrogen and oxygen atoms in total. The molecule has 0 radical (unpaired) electrons. The Morgan fingerprint density at radius 3 is 3.06 bits per heavy atom. The Balaban J connectivity index is 1.99. The molecule has 1 aromatic rings. The minimum absolute atomic E-state index is 0.0444. The van der Waals surface area contributed by atoms with Crippen LogP contribution in [0.1, 0.15) is 24.4 Å². The van der Waals surface area contributed by atoms with Crippen molar-refractivity contribution in [3.63, 3.8) is 0 Å². The van der Waals surface area contributed by atoms with Crippen molar-refractivity contribution in [2.75, 3.05) is 13.2 Å². The standard InChI is InChI=1S/C12H14BrNO2/c13-8-1-2-11-9(5-8)10(14)6-12(16-11)3-4-15-7-12/h1-2,5,10H,3-4,6-7,14H2/t10-,12?/m1/s1. The number of fused-ring (bicyclic) bond motifs is 1. The summed E-state index contributed by atoms with van der Waals surface area (Å²) in [4.78, 5) is 0. The summed E-state index contributed by atoms with van der Waals surface area (Å²) in [7, 11) is 0. The zero-order chi connectivity index (χ0) is 11.2. The van der Waals surface area contributed by atoms with Crippen LogP contribution in [0.5, 0.6) is 5.75 Å². The molecule has 2 atom stereocenters. The molecule has 0 amide bonds. The van der Waals surface area contributed by atoms with Gasteiger partial charge in [-0.1, -0.05) is 15.9 Å². The van der Waals surface area contributed by atoms with Gasteiger partial charge in [0, 0.05) is 28.9 Å². The molecule has 0 aromatic heterocycles. The SMILES string of the molecule is N[C@@H]1CC2(CCOC2)Oc2ccc(Br)cc21. The maximum Gasteiger partial charge on any atom is 0.136 e. The van der Waals surface area contributed by atoms with Crippen LogP contribution in [-0.4, -0.2) is 18.8 Å². The molecule has 0 aliphatic carbocycles. The van der Waals surface area contributed by atoms with Gasteiger partial charge < -0.3 is 15.2 Å². The predicted octanol–water partition coefficient (Wildman–Crippen LogP) is 2.39. The molecule has 2 aliphatic rings. The molecule has 2 aliphatic heterocycles. The normalized spacial score (nSPS) is 32.5. The fourth-order valence-corrected chi connectivity index (χ4v) is 2.90. The molecule has 3 rings (SSSR count). The van der Waals surface area contributed by atoms with Crippen molar-refractivity contribution in [1.29, 1.82) is 0 Å². The third kappa shape index (κ3) is 1.65. The van der Waals surface area contributed by atoms with Gasteiger partial charge in [-0.05, 0) is 18.2 Å². The van der Waals surface area contributed by atoms with Crippen molar-refractivity contribution in [2.45, 2.75) is 24.5 Å². The second-order valence-corrected chi connectivity index (χ2v) is 5.50. The first kappa shape index (κ1) is 10.6. The lowest BCUT2D eigenvalue weighted by Crippen LogP contribution is -2.43. The Labute approximate surface area is 103 Å². The Morgan fingerprint density at radius 2 is 2.31 bits per heavy atom. The first-order valence-electron chi connectivity index (χ1n) is 5.50. The number of benzene rings is 1. The van der Waals surface area contributed by atoms with Crippen LogP contribution in [0.3, 0.4) is 0 Å². The highest BCUT2D eigenvalue weighted by Crippen LogP contribution is 2.42. The van der Waals surface area contributed by atoms with Crippen LogP contribution in [0.4, 0.5) is 0 Å². The van der Waals surface area contributed by atoms with Gasteiger partial charge >= 0.3 is 0 Å². The van der Waals surface area contributed by atoms with Crippen LogP contribution in [-0.2, 0) is 4.74 Å². The fraction of sp³-hybridized carbons (Fsp3) is 0.500. The number of halogens is 1. The summed E-state index contributed by atoms with van der Waals surface area (Å²) in [6.45, 7) is 1.44. The summed E-state index contributed by atoms with van der Waals surface area (Å²) >= 11 is 3.46. The molecule has 16 heavy (non-hydrogen) atoms. The first-order valence-corrected chi connectivity index (χ1v) is 6.30. The lowest BCUT2D eigenvalue weighted by Gasteiger charge is -2.37. The number of ether oxygens (including phenoxy) is 2. The molecule has 1 unspecified atom stereocenters. The highest BCUT2D eigenvalue weighted by molar-refractivity contribution is 9.10. The molecule has 2 heterocycles. The van der Waals surface area contributed by atoms with Gasteiger partial charge in [-0.3, -0.25) is 0 Å². The van der Waals surface area contributed by atoms with Crippen LogP contribution < -0.4 is 10.5 Å². The van der Waals surface area contributed by atoms with Crippen molar-refractivity contribution in [1.82, 2.24) is 0 Å². The Hall–Kier alpha value is -0.580. The van der Waals surface area contributed by atoms with Crippen molar-refractivity contribution in [3.05, 3.63) is 28.2 Å². The molecule has 0 bridgehead atoms. The lowest BCUT2D eigenvalue weighted by molar-refractivity contribution is 0.0235. The third-order valence-corrected chi connectivity index (χ3v) is 3.85. The van der Waals surface area contributed by atoms with Gasteiger partial charge in [0.15, 0.2) is 0 Å². The van der Waals surface area contributed by atoms with Crippen LogP contribution in [0.15, 0.2) is 22.7 Å². The van der Waals surface area contributed by atoms with Gasteiger partial charge in [0.2, 0.25) is 0 Å². The molecular weight excluding hydrogens is 270 g/mol. The van der Waals surface area contributed by atoms with E-state index in [4.69, 9.17) is 15.2 Å². The smallest absolute Gasteiger partial charge is 0.136 e. The largest absolute Gasteiger partial charge is 0.484 e. The molecule has 4 heteroatoms. The van der Waals surface area contributed by atoms with Crippen molar-refractivity contribution in [2.24, 2.45) is 5.73 Å². The quantitative estimate of drug-likeness (QED) is 0.795. The van der Waals surface area contributed by atoms with Crippen LogP contribution in [0, 0.1) is 0 Å². The van der Waals surface area contributed by atoms with Crippen molar-refractivity contribution in [3.8, 4) is 5.75 Å². The van der Waals surface area contributed by atoms with Gasteiger partial charge in [0.05, 0.1) is 13.2 Å². The number of rotatable bonds is 0. The average molecular weight is 284 g/mol. The predicted molar refractivity (Wildman–Crippen MR) is 64.5 cm³/mol. The fourth-order valence-electron chi connectivity index (χ4n) is 2.52. The van der Waals surface area contributed by atoms with E-state index < -0.39 is 0 Å². The van der Waals surface area contributed by atoms with E-state index in [9.17, 15) is 0 Å². The van der Waals surface area contributed by atoms with Crippen LogP contribution in [0.2, 0.25) is 0 Å². The number of hydrogen-bond donors (Lipinski definition) is 1. The monoisotopic (exact) mass is 283 g/mol. The molecule has 1 spiro atoms. The Morgan fingerprint density at radius 1 is 1.44 bits per heavy atom. The van der Waals surface area contributed by atoms with Gasteiger partial charge in [-0.2, -0.15) is 0 Å². The van der Waals surface area contributed by atoms with E-state index in [1.54, 1.807) is 0 Å². The molecule has 2 N–H and O–H groups in total. The van der Waals surface area contributed by atoms with Gasteiger partial charge in [0.25, 0.3) is 0 Å². The molecular formula is C12H14BrNO2. The van der Waals surface area contributed by atoms with E-state index in [0.717, 1.165) is 35.2 Å². The number of hydrogen-bond acceptors (Lipinski definition) is 3. The maximum absolute atomic E-state index is 6.21. The highest BCUT2D eigenvalue weighted by Gasteiger charge is 2.43. The van der Waals surface area contributed by atoms with Crippen molar-refractivity contribution >= 4 is 15.9 Å². The summed E-state index contributed by atoms with van der Waals surface area (Å²) in [5, 5.41) is 0. The second kappa shape index (κ2) is 3.72. The van der Waals surface area contributed by atoms with E-state index in [-0.39, 0.29) is 11.6 Å². The molecule has 1 saturated heterocycles. The Kier molecular flexibility index (Phi) is 2.46.